The molecule has 1 amide bonds. The normalized spacial score (nSPS) is 11.1. The fraction of sp³-hybridized carbons (Fsp3) is 0.0500. The minimum Gasteiger partial charge on any atom is -0.463 e. The summed E-state index contributed by atoms with van der Waals surface area (Å²) in [6.45, 7) is 0. The number of carbonyl (C=O) groups is 1. The molecule has 0 saturated carbocycles. The van der Waals surface area contributed by atoms with Crippen LogP contribution in [0.2, 0.25) is 5.02 Å². The van der Waals surface area contributed by atoms with Gasteiger partial charge in [0.2, 0.25) is 0 Å². The van der Waals surface area contributed by atoms with Crippen molar-refractivity contribution in [3.05, 3.63) is 78.0 Å². The fourth-order valence-corrected chi connectivity index (χ4v) is 3.44. The van der Waals surface area contributed by atoms with Crippen LogP contribution < -0.4 is 5.43 Å². The van der Waals surface area contributed by atoms with E-state index < -0.39 is 0 Å². The molecule has 30 heavy (non-hydrogen) atoms. The molecule has 0 saturated heterocycles. The van der Waals surface area contributed by atoms with Crippen LogP contribution >= 0.6 is 23.4 Å². The molecule has 3 heterocycles. The van der Waals surface area contributed by atoms with E-state index in [1.807, 2.05) is 28.8 Å². The summed E-state index contributed by atoms with van der Waals surface area (Å²) in [5.74, 6) is 1.02. The Labute approximate surface area is 181 Å². The highest BCUT2D eigenvalue weighted by Crippen LogP contribution is 2.28. The summed E-state index contributed by atoms with van der Waals surface area (Å²) >= 11 is 7.28. The topological polar surface area (TPSA) is 98.2 Å². The van der Waals surface area contributed by atoms with Crippen molar-refractivity contribution in [3.8, 4) is 17.1 Å². The Morgan fingerprint density at radius 3 is 2.70 bits per heavy atom. The van der Waals surface area contributed by atoms with Gasteiger partial charge in [0, 0.05) is 28.7 Å². The smallest absolute Gasteiger partial charge is 0.250 e. The number of benzene rings is 1. The Morgan fingerprint density at radius 1 is 1.17 bits per heavy atom. The molecule has 150 valence electrons. The molecule has 3 aromatic heterocycles. The predicted molar refractivity (Wildman–Crippen MR) is 115 cm³/mol. The van der Waals surface area contributed by atoms with Crippen LogP contribution in [0.3, 0.4) is 0 Å². The van der Waals surface area contributed by atoms with Crippen LogP contribution in [0.15, 0.2) is 81.9 Å². The second-order valence-electron chi connectivity index (χ2n) is 5.95. The molecule has 0 bridgehead atoms. The molecule has 0 aliphatic carbocycles. The molecule has 0 aliphatic rings. The van der Waals surface area contributed by atoms with Crippen LogP contribution in [0.25, 0.3) is 17.1 Å². The zero-order valence-corrected chi connectivity index (χ0v) is 17.0. The first kappa shape index (κ1) is 19.9. The van der Waals surface area contributed by atoms with Gasteiger partial charge in [-0.05, 0) is 48.5 Å². The minimum atomic E-state index is -0.279. The van der Waals surface area contributed by atoms with Crippen molar-refractivity contribution < 1.29 is 9.21 Å². The lowest BCUT2D eigenvalue weighted by Crippen LogP contribution is -2.19. The van der Waals surface area contributed by atoms with E-state index in [4.69, 9.17) is 16.0 Å². The lowest BCUT2D eigenvalue weighted by atomic mass is 10.2. The van der Waals surface area contributed by atoms with Crippen LogP contribution in [0, 0.1) is 0 Å². The Balaban J connectivity index is 1.53. The number of thioether (sulfide) groups is 1. The van der Waals surface area contributed by atoms with Gasteiger partial charge in [0.05, 0.1) is 18.2 Å². The van der Waals surface area contributed by atoms with Crippen LogP contribution in [0.4, 0.5) is 0 Å². The standard InChI is InChI=1S/C20H15ClN6O2S/c21-15-3-5-16(6-4-15)27-19(14-7-9-22-10-8-14)25-26-20(27)30-13-18(28)24-23-12-17-2-1-11-29-17/h1-12H,13H2,(H,24,28)/b23-12+. The number of hydrazone groups is 1. The highest BCUT2D eigenvalue weighted by molar-refractivity contribution is 7.99. The molecule has 1 N–H and O–H groups in total. The van der Waals surface area contributed by atoms with Crippen molar-refractivity contribution in [2.75, 3.05) is 5.75 Å². The number of amides is 1. The summed E-state index contributed by atoms with van der Waals surface area (Å²) < 4.78 is 6.99. The Kier molecular flexibility index (Phi) is 6.21. The number of pyridine rings is 1. The first-order chi connectivity index (χ1) is 14.7. The van der Waals surface area contributed by atoms with E-state index in [2.05, 4.69) is 25.7 Å². The zero-order chi connectivity index (χ0) is 20.8. The lowest BCUT2D eigenvalue weighted by molar-refractivity contribution is -0.118. The Hall–Kier alpha value is -3.43. The summed E-state index contributed by atoms with van der Waals surface area (Å²) in [6.07, 6.45) is 6.34. The number of nitrogens with one attached hydrogen (secondary N) is 1. The number of furan rings is 1. The Bertz CT molecular complexity index is 1140. The second-order valence-corrected chi connectivity index (χ2v) is 7.33. The maximum absolute atomic E-state index is 12.2. The van der Waals surface area contributed by atoms with Crippen molar-refractivity contribution in [1.29, 1.82) is 0 Å². The molecule has 10 heteroatoms. The van der Waals surface area contributed by atoms with Crippen LogP contribution in [0.1, 0.15) is 5.76 Å². The first-order valence-electron chi connectivity index (χ1n) is 8.80. The second kappa shape index (κ2) is 9.38. The summed E-state index contributed by atoms with van der Waals surface area (Å²) in [5, 5.41) is 13.7. The van der Waals surface area contributed by atoms with E-state index >= 15 is 0 Å². The third-order valence-corrected chi connectivity index (χ3v) is 5.09. The lowest BCUT2D eigenvalue weighted by Gasteiger charge is -2.10. The average molecular weight is 439 g/mol. The molecule has 0 unspecified atom stereocenters. The largest absolute Gasteiger partial charge is 0.463 e. The van der Waals surface area contributed by atoms with Gasteiger partial charge in [0.25, 0.3) is 5.91 Å². The predicted octanol–water partition coefficient (Wildman–Crippen LogP) is 3.82. The van der Waals surface area contributed by atoms with Crippen molar-refractivity contribution in [1.82, 2.24) is 25.2 Å². The third-order valence-electron chi connectivity index (χ3n) is 3.91. The fourth-order valence-electron chi connectivity index (χ4n) is 2.57. The zero-order valence-electron chi connectivity index (χ0n) is 15.5. The van der Waals surface area contributed by atoms with Gasteiger partial charge < -0.3 is 4.42 Å². The molecule has 0 spiro atoms. The number of halogens is 1. The highest BCUT2D eigenvalue weighted by Gasteiger charge is 2.17. The van der Waals surface area contributed by atoms with Gasteiger partial charge in [-0.25, -0.2) is 5.43 Å². The van der Waals surface area contributed by atoms with Crippen molar-refractivity contribution in [2.24, 2.45) is 5.10 Å². The summed E-state index contributed by atoms with van der Waals surface area (Å²) in [6, 6.07) is 14.5. The monoisotopic (exact) mass is 438 g/mol. The minimum absolute atomic E-state index is 0.109. The summed E-state index contributed by atoms with van der Waals surface area (Å²) in [5.41, 5.74) is 4.15. The number of hydrogen-bond donors (Lipinski definition) is 1. The molecular formula is C20H15ClN6O2S. The SMILES string of the molecule is O=C(CSc1nnc(-c2ccncc2)n1-c1ccc(Cl)cc1)N/N=C/c1ccco1. The average Bonchev–Trinajstić information content (AvgIpc) is 3.43. The number of aromatic nitrogens is 4. The molecule has 4 rings (SSSR count). The van der Waals surface area contributed by atoms with E-state index in [1.165, 1.54) is 24.2 Å². The van der Waals surface area contributed by atoms with Crippen molar-refractivity contribution >= 4 is 35.5 Å². The van der Waals surface area contributed by atoms with Gasteiger partial charge in [-0.3, -0.25) is 14.3 Å². The molecule has 0 atom stereocenters. The highest BCUT2D eigenvalue weighted by atomic mass is 35.5. The van der Waals surface area contributed by atoms with Crippen LogP contribution in [-0.4, -0.2) is 37.6 Å². The van der Waals surface area contributed by atoms with E-state index in [9.17, 15) is 4.79 Å². The maximum atomic E-state index is 12.2. The molecule has 0 radical (unpaired) electrons. The van der Waals surface area contributed by atoms with Gasteiger partial charge in [0.1, 0.15) is 5.76 Å². The molecular weight excluding hydrogens is 424 g/mol. The molecule has 0 fully saturated rings. The molecule has 1 aromatic carbocycles. The van der Waals surface area contributed by atoms with Gasteiger partial charge in [-0.15, -0.1) is 10.2 Å². The number of carbonyl (C=O) groups excluding carboxylic acids is 1. The van der Waals surface area contributed by atoms with E-state index in [0.717, 1.165) is 11.3 Å². The van der Waals surface area contributed by atoms with Crippen LogP contribution in [-0.2, 0) is 4.79 Å². The van der Waals surface area contributed by atoms with Crippen molar-refractivity contribution in [3.63, 3.8) is 0 Å². The van der Waals surface area contributed by atoms with Crippen molar-refractivity contribution in [2.45, 2.75) is 5.16 Å². The first-order valence-corrected chi connectivity index (χ1v) is 10.2. The van der Waals surface area contributed by atoms with Gasteiger partial charge in [-0.1, -0.05) is 23.4 Å². The third kappa shape index (κ3) is 4.76. The summed E-state index contributed by atoms with van der Waals surface area (Å²) in [7, 11) is 0. The maximum Gasteiger partial charge on any atom is 0.250 e. The number of rotatable bonds is 7. The Morgan fingerprint density at radius 2 is 1.97 bits per heavy atom. The van der Waals surface area contributed by atoms with E-state index in [1.54, 1.807) is 36.7 Å². The van der Waals surface area contributed by atoms with Crippen LogP contribution in [0.5, 0.6) is 0 Å². The van der Waals surface area contributed by atoms with Gasteiger partial charge >= 0.3 is 0 Å². The van der Waals surface area contributed by atoms with Gasteiger partial charge in [0.15, 0.2) is 11.0 Å². The van der Waals surface area contributed by atoms with Gasteiger partial charge in [-0.2, -0.15) is 5.10 Å². The molecule has 8 nitrogen and oxygen atoms in total. The molecule has 4 aromatic rings. The van der Waals surface area contributed by atoms with E-state index in [-0.39, 0.29) is 11.7 Å². The number of hydrogen-bond acceptors (Lipinski definition) is 7. The number of nitrogens with zero attached hydrogens (tertiary/aromatic N) is 5. The van der Waals surface area contributed by atoms with E-state index in [0.29, 0.717) is 21.8 Å². The molecule has 0 aliphatic heterocycles. The summed E-state index contributed by atoms with van der Waals surface area (Å²) in [4.78, 5) is 16.2. The quantitative estimate of drug-likeness (QED) is 0.267.